The van der Waals surface area contributed by atoms with Crippen LogP contribution in [-0.2, 0) is 10.2 Å². The van der Waals surface area contributed by atoms with Crippen molar-refractivity contribution in [1.29, 1.82) is 0 Å². The maximum absolute atomic E-state index is 13.7. The molecule has 1 aliphatic rings. The molecule has 1 fully saturated rings. The standard InChI is InChI=1S/C21H23F3N2O/c1-14(20(27)26-17-10-9-16(22)18(23)19(17)24)25-13-21(11-5-6-12-21)15-7-3-2-4-8-15/h2-4,7-10,14,25H,5-6,11-13H2,1H3,(H,26,27). The first-order valence-corrected chi connectivity index (χ1v) is 9.16. The Hall–Kier alpha value is -2.34. The molecule has 1 amide bonds. The van der Waals surface area contributed by atoms with Crippen molar-refractivity contribution >= 4 is 11.6 Å². The van der Waals surface area contributed by atoms with Crippen LogP contribution in [0.15, 0.2) is 42.5 Å². The van der Waals surface area contributed by atoms with E-state index in [0.717, 1.165) is 37.8 Å². The number of hydrogen-bond acceptors (Lipinski definition) is 2. The van der Waals surface area contributed by atoms with Gasteiger partial charge in [-0.2, -0.15) is 0 Å². The van der Waals surface area contributed by atoms with Crippen LogP contribution < -0.4 is 10.6 Å². The number of nitrogens with one attached hydrogen (secondary N) is 2. The summed E-state index contributed by atoms with van der Waals surface area (Å²) in [4.78, 5) is 12.4. The van der Waals surface area contributed by atoms with Crippen molar-refractivity contribution in [3.63, 3.8) is 0 Å². The normalized spacial score (nSPS) is 16.9. The van der Waals surface area contributed by atoms with Crippen molar-refractivity contribution in [3.8, 4) is 0 Å². The fourth-order valence-electron chi connectivity index (χ4n) is 3.72. The van der Waals surface area contributed by atoms with Crippen LogP contribution in [0.3, 0.4) is 0 Å². The van der Waals surface area contributed by atoms with Gasteiger partial charge in [0.15, 0.2) is 17.5 Å². The van der Waals surface area contributed by atoms with Gasteiger partial charge in [0.05, 0.1) is 11.7 Å². The summed E-state index contributed by atoms with van der Waals surface area (Å²) < 4.78 is 40.1. The zero-order valence-corrected chi connectivity index (χ0v) is 15.2. The molecule has 0 bridgehead atoms. The molecule has 0 aliphatic heterocycles. The van der Waals surface area contributed by atoms with E-state index in [1.165, 1.54) is 5.56 Å². The highest BCUT2D eigenvalue weighted by Crippen LogP contribution is 2.40. The van der Waals surface area contributed by atoms with Crippen molar-refractivity contribution in [1.82, 2.24) is 5.32 Å². The summed E-state index contributed by atoms with van der Waals surface area (Å²) in [5.74, 6) is -4.78. The summed E-state index contributed by atoms with van der Waals surface area (Å²) in [5, 5.41) is 5.55. The number of anilines is 1. The summed E-state index contributed by atoms with van der Waals surface area (Å²) in [6.45, 7) is 2.28. The third-order valence-corrected chi connectivity index (χ3v) is 5.38. The van der Waals surface area contributed by atoms with E-state index in [1.54, 1.807) is 6.92 Å². The summed E-state index contributed by atoms with van der Waals surface area (Å²) in [6, 6.07) is 11.4. The number of carbonyl (C=O) groups is 1. The minimum Gasteiger partial charge on any atom is -0.322 e. The first-order chi connectivity index (χ1) is 12.9. The van der Waals surface area contributed by atoms with E-state index in [0.29, 0.717) is 6.54 Å². The SMILES string of the molecule is CC(NCC1(c2ccccc2)CCCC1)C(=O)Nc1ccc(F)c(F)c1F. The molecule has 2 aromatic carbocycles. The van der Waals surface area contributed by atoms with E-state index in [-0.39, 0.29) is 11.1 Å². The fourth-order valence-corrected chi connectivity index (χ4v) is 3.72. The Bertz CT molecular complexity index is 805. The maximum atomic E-state index is 13.7. The second-order valence-corrected chi connectivity index (χ2v) is 7.17. The van der Waals surface area contributed by atoms with Crippen LogP contribution in [0.5, 0.6) is 0 Å². The second kappa shape index (κ2) is 8.13. The molecule has 0 radical (unpaired) electrons. The van der Waals surface area contributed by atoms with E-state index in [1.807, 2.05) is 18.2 Å². The van der Waals surface area contributed by atoms with Crippen molar-refractivity contribution in [2.75, 3.05) is 11.9 Å². The molecule has 2 N–H and O–H groups in total. The van der Waals surface area contributed by atoms with Crippen LogP contribution >= 0.6 is 0 Å². The lowest BCUT2D eigenvalue weighted by Crippen LogP contribution is -2.45. The number of hydrogen-bond donors (Lipinski definition) is 2. The van der Waals surface area contributed by atoms with Gasteiger partial charge in [-0.15, -0.1) is 0 Å². The third-order valence-electron chi connectivity index (χ3n) is 5.38. The highest BCUT2D eigenvalue weighted by Gasteiger charge is 2.36. The Balaban J connectivity index is 1.65. The molecule has 144 valence electrons. The van der Waals surface area contributed by atoms with E-state index in [2.05, 4.69) is 22.8 Å². The van der Waals surface area contributed by atoms with Crippen molar-refractivity contribution < 1.29 is 18.0 Å². The quantitative estimate of drug-likeness (QED) is 0.727. The second-order valence-electron chi connectivity index (χ2n) is 7.17. The molecule has 0 saturated heterocycles. The molecule has 1 aliphatic carbocycles. The topological polar surface area (TPSA) is 41.1 Å². The smallest absolute Gasteiger partial charge is 0.241 e. The monoisotopic (exact) mass is 376 g/mol. The summed E-state index contributed by atoms with van der Waals surface area (Å²) in [6.07, 6.45) is 4.35. The number of carbonyl (C=O) groups excluding carboxylic acids is 1. The molecule has 3 rings (SSSR count). The molecule has 0 aromatic heterocycles. The van der Waals surface area contributed by atoms with Gasteiger partial charge in [0, 0.05) is 12.0 Å². The number of rotatable bonds is 6. The van der Waals surface area contributed by atoms with Crippen LogP contribution in [0.4, 0.5) is 18.9 Å². The first-order valence-electron chi connectivity index (χ1n) is 9.16. The minimum atomic E-state index is -1.60. The Morgan fingerprint density at radius 1 is 1.04 bits per heavy atom. The van der Waals surface area contributed by atoms with Crippen LogP contribution in [-0.4, -0.2) is 18.5 Å². The van der Waals surface area contributed by atoms with Gasteiger partial charge in [0.25, 0.3) is 0 Å². The van der Waals surface area contributed by atoms with Crippen molar-refractivity contribution in [2.45, 2.75) is 44.1 Å². The lowest BCUT2D eigenvalue weighted by atomic mass is 9.78. The molecule has 3 nitrogen and oxygen atoms in total. The van der Waals surface area contributed by atoms with Crippen LogP contribution in [0, 0.1) is 17.5 Å². The number of amides is 1. The Labute approximate surface area is 157 Å². The van der Waals surface area contributed by atoms with Gasteiger partial charge in [-0.3, -0.25) is 4.79 Å². The Morgan fingerprint density at radius 3 is 2.37 bits per heavy atom. The predicted octanol–water partition coefficient (Wildman–Crippen LogP) is 4.53. The van der Waals surface area contributed by atoms with E-state index in [4.69, 9.17) is 0 Å². The van der Waals surface area contributed by atoms with E-state index in [9.17, 15) is 18.0 Å². The summed E-state index contributed by atoms with van der Waals surface area (Å²) in [7, 11) is 0. The lowest BCUT2D eigenvalue weighted by Gasteiger charge is -2.31. The fraction of sp³-hybridized carbons (Fsp3) is 0.381. The molecular formula is C21H23F3N2O. The highest BCUT2D eigenvalue weighted by atomic mass is 19.2. The predicted molar refractivity (Wildman–Crippen MR) is 99.0 cm³/mol. The molecule has 1 atom stereocenters. The molecule has 2 aromatic rings. The molecule has 0 heterocycles. The first kappa shape index (κ1) is 19.4. The minimum absolute atomic E-state index is 0.0248. The Kier molecular flexibility index (Phi) is 5.85. The third kappa shape index (κ3) is 4.16. The summed E-state index contributed by atoms with van der Waals surface area (Å²) >= 11 is 0. The maximum Gasteiger partial charge on any atom is 0.241 e. The average molecular weight is 376 g/mol. The van der Waals surface area contributed by atoms with Gasteiger partial charge >= 0.3 is 0 Å². The molecule has 1 unspecified atom stereocenters. The van der Waals surface area contributed by atoms with E-state index >= 15 is 0 Å². The van der Waals surface area contributed by atoms with Gasteiger partial charge in [-0.1, -0.05) is 43.2 Å². The van der Waals surface area contributed by atoms with Gasteiger partial charge in [-0.05, 0) is 37.5 Å². The van der Waals surface area contributed by atoms with Gasteiger partial charge in [-0.25, -0.2) is 13.2 Å². The number of benzene rings is 2. The summed E-state index contributed by atoms with van der Waals surface area (Å²) in [5.41, 5.74) is 0.851. The van der Waals surface area contributed by atoms with Crippen molar-refractivity contribution in [2.24, 2.45) is 0 Å². The zero-order chi connectivity index (χ0) is 19.4. The van der Waals surface area contributed by atoms with Crippen LogP contribution in [0.25, 0.3) is 0 Å². The van der Waals surface area contributed by atoms with E-state index < -0.39 is 29.4 Å². The zero-order valence-electron chi connectivity index (χ0n) is 15.2. The van der Waals surface area contributed by atoms with Gasteiger partial charge < -0.3 is 10.6 Å². The lowest BCUT2D eigenvalue weighted by molar-refractivity contribution is -0.117. The largest absolute Gasteiger partial charge is 0.322 e. The van der Waals surface area contributed by atoms with Gasteiger partial charge in [0.2, 0.25) is 5.91 Å². The molecule has 6 heteroatoms. The van der Waals surface area contributed by atoms with Crippen molar-refractivity contribution in [3.05, 3.63) is 65.5 Å². The molecule has 1 saturated carbocycles. The Morgan fingerprint density at radius 2 is 1.70 bits per heavy atom. The number of halogens is 3. The van der Waals surface area contributed by atoms with Crippen LogP contribution in [0.2, 0.25) is 0 Å². The molecular weight excluding hydrogens is 353 g/mol. The average Bonchev–Trinajstić information content (AvgIpc) is 3.17. The molecule has 27 heavy (non-hydrogen) atoms. The highest BCUT2D eigenvalue weighted by molar-refractivity contribution is 5.94. The van der Waals surface area contributed by atoms with Crippen LogP contribution in [0.1, 0.15) is 38.2 Å². The molecule has 0 spiro atoms. The van der Waals surface area contributed by atoms with Gasteiger partial charge in [0.1, 0.15) is 0 Å².